The van der Waals surface area contributed by atoms with Crippen LogP contribution in [0, 0.1) is 13.8 Å². The van der Waals surface area contributed by atoms with Gasteiger partial charge in [-0.2, -0.15) is 0 Å². The lowest BCUT2D eigenvalue weighted by Crippen LogP contribution is -2.25. The van der Waals surface area contributed by atoms with E-state index in [2.05, 4.69) is 25.9 Å². The van der Waals surface area contributed by atoms with Crippen molar-refractivity contribution in [1.82, 2.24) is 15.3 Å². The van der Waals surface area contributed by atoms with E-state index in [1.807, 2.05) is 26.0 Å². The molecule has 164 valence electrons. The molecule has 0 saturated heterocycles. The fourth-order valence-corrected chi connectivity index (χ4v) is 2.94. The van der Waals surface area contributed by atoms with Crippen LogP contribution in [0.3, 0.4) is 0 Å². The first-order chi connectivity index (χ1) is 15.3. The van der Waals surface area contributed by atoms with Crippen molar-refractivity contribution in [2.24, 2.45) is 0 Å². The molecule has 0 aliphatic carbocycles. The highest BCUT2D eigenvalue weighted by Crippen LogP contribution is 2.17. The molecule has 1 heterocycles. The standard InChI is InChI=1S/C23H23N5O4/c1-14-12-15(2)26-23(25-14)28-19-5-3-4-17(13-19)22(32)27-18-8-6-16(7-9-18)21(31)24-11-10-20(29)30/h3-9,12-13H,10-11H2,1-2H3,(H,24,31)(H,27,32)(H,29,30)(H,25,26,28). The number of carbonyl (C=O) groups is 3. The van der Waals surface area contributed by atoms with Crippen molar-refractivity contribution in [3.8, 4) is 0 Å². The molecule has 0 unspecified atom stereocenters. The van der Waals surface area contributed by atoms with Crippen LogP contribution in [0.2, 0.25) is 0 Å². The van der Waals surface area contributed by atoms with Gasteiger partial charge in [0.2, 0.25) is 5.95 Å². The summed E-state index contributed by atoms with van der Waals surface area (Å²) in [7, 11) is 0. The van der Waals surface area contributed by atoms with Gasteiger partial charge in [-0.15, -0.1) is 0 Å². The van der Waals surface area contributed by atoms with E-state index in [0.29, 0.717) is 28.5 Å². The van der Waals surface area contributed by atoms with Gasteiger partial charge in [0.25, 0.3) is 11.8 Å². The summed E-state index contributed by atoms with van der Waals surface area (Å²) in [5.41, 5.74) is 3.69. The third kappa shape index (κ3) is 6.36. The van der Waals surface area contributed by atoms with Crippen molar-refractivity contribution < 1.29 is 19.5 Å². The lowest BCUT2D eigenvalue weighted by molar-refractivity contribution is -0.136. The molecule has 9 nitrogen and oxygen atoms in total. The summed E-state index contributed by atoms with van der Waals surface area (Å²) in [6, 6.07) is 15.2. The number of hydrogen-bond acceptors (Lipinski definition) is 6. The Morgan fingerprint density at radius 2 is 1.53 bits per heavy atom. The molecule has 0 aliphatic rings. The molecular formula is C23H23N5O4. The Morgan fingerprint density at radius 1 is 0.844 bits per heavy atom. The molecule has 3 rings (SSSR count). The monoisotopic (exact) mass is 433 g/mol. The number of nitrogens with one attached hydrogen (secondary N) is 3. The van der Waals surface area contributed by atoms with Crippen molar-refractivity contribution in [3.05, 3.63) is 77.1 Å². The molecule has 0 radical (unpaired) electrons. The lowest BCUT2D eigenvalue weighted by atomic mass is 10.1. The van der Waals surface area contributed by atoms with Gasteiger partial charge in [0.15, 0.2) is 0 Å². The maximum Gasteiger partial charge on any atom is 0.305 e. The number of aromatic nitrogens is 2. The number of anilines is 3. The zero-order valence-electron chi connectivity index (χ0n) is 17.7. The predicted molar refractivity (Wildman–Crippen MR) is 120 cm³/mol. The first-order valence-corrected chi connectivity index (χ1v) is 9.91. The summed E-state index contributed by atoms with van der Waals surface area (Å²) in [6.07, 6.45) is -0.149. The number of amides is 2. The van der Waals surface area contributed by atoms with Crippen LogP contribution < -0.4 is 16.0 Å². The summed E-state index contributed by atoms with van der Waals surface area (Å²) in [6.45, 7) is 3.81. The molecule has 2 amide bonds. The molecule has 4 N–H and O–H groups in total. The molecule has 2 aromatic carbocycles. The molecule has 3 aromatic rings. The van der Waals surface area contributed by atoms with E-state index in [0.717, 1.165) is 11.4 Å². The molecule has 0 atom stereocenters. The van der Waals surface area contributed by atoms with E-state index in [4.69, 9.17) is 5.11 Å². The van der Waals surface area contributed by atoms with Gasteiger partial charge in [-0.1, -0.05) is 6.07 Å². The van der Waals surface area contributed by atoms with Crippen LogP contribution in [-0.4, -0.2) is 39.4 Å². The number of aliphatic carboxylic acids is 1. The van der Waals surface area contributed by atoms with Crippen molar-refractivity contribution in [3.63, 3.8) is 0 Å². The number of hydrogen-bond donors (Lipinski definition) is 4. The summed E-state index contributed by atoms with van der Waals surface area (Å²) < 4.78 is 0. The van der Waals surface area contributed by atoms with Crippen molar-refractivity contribution in [2.45, 2.75) is 20.3 Å². The fraction of sp³-hybridized carbons (Fsp3) is 0.174. The zero-order valence-corrected chi connectivity index (χ0v) is 17.7. The Kier molecular flexibility index (Phi) is 7.12. The van der Waals surface area contributed by atoms with Gasteiger partial charge in [0, 0.05) is 40.4 Å². The van der Waals surface area contributed by atoms with Crippen LogP contribution in [0.4, 0.5) is 17.3 Å². The Bertz CT molecular complexity index is 1130. The minimum absolute atomic E-state index is 0.0458. The van der Waals surface area contributed by atoms with Crippen LogP contribution in [-0.2, 0) is 4.79 Å². The first-order valence-electron chi connectivity index (χ1n) is 9.91. The molecule has 0 fully saturated rings. The van der Waals surface area contributed by atoms with Gasteiger partial charge in [-0.3, -0.25) is 14.4 Å². The SMILES string of the molecule is Cc1cc(C)nc(Nc2cccc(C(=O)Nc3ccc(C(=O)NCCC(=O)O)cc3)c2)n1. The molecule has 32 heavy (non-hydrogen) atoms. The smallest absolute Gasteiger partial charge is 0.305 e. The summed E-state index contributed by atoms with van der Waals surface area (Å²) in [4.78, 5) is 43.8. The van der Waals surface area contributed by atoms with Gasteiger partial charge < -0.3 is 21.1 Å². The largest absolute Gasteiger partial charge is 0.481 e. The number of carboxylic acid groups (broad SMARTS) is 1. The number of aryl methyl sites for hydroxylation is 2. The van der Waals surface area contributed by atoms with Gasteiger partial charge >= 0.3 is 5.97 Å². The Hall–Kier alpha value is -4.27. The van der Waals surface area contributed by atoms with E-state index in [1.165, 1.54) is 0 Å². The Morgan fingerprint density at radius 3 is 2.19 bits per heavy atom. The molecule has 9 heteroatoms. The first kappa shape index (κ1) is 22.4. The van der Waals surface area contributed by atoms with Gasteiger partial charge in [0.1, 0.15) is 0 Å². The number of rotatable bonds is 8. The number of benzene rings is 2. The van der Waals surface area contributed by atoms with Crippen LogP contribution >= 0.6 is 0 Å². The molecule has 0 saturated carbocycles. The Balaban J connectivity index is 1.62. The van der Waals surface area contributed by atoms with Crippen molar-refractivity contribution >= 4 is 35.1 Å². The van der Waals surface area contributed by atoms with E-state index < -0.39 is 5.97 Å². The van der Waals surface area contributed by atoms with Crippen LogP contribution in [0.5, 0.6) is 0 Å². The zero-order chi connectivity index (χ0) is 23.1. The van der Waals surface area contributed by atoms with Gasteiger partial charge in [0.05, 0.1) is 6.42 Å². The quantitative estimate of drug-likeness (QED) is 0.428. The predicted octanol–water partition coefficient (Wildman–Crippen LogP) is 3.29. The van der Waals surface area contributed by atoms with Crippen LogP contribution in [0.15, 0.2) is 54.6 Å². The third-order valence-electron chi connectivity index (χ3n) is 4.39. The maximum absolute atomic E-state index is 12.6. The van der Waals surface area contributed by atoms with E-state index >= 15 is 0 Å². The van der Waals surface area contributed by atoms with Gasteiger partial charge in [-0.25, -0.2) is 9.97 Å². The topological polar surface area (TPSA) is 133 Å². The van der Waals surface area contributed by atoms with Crippen LogP contribution in [0.25, 0.3) is 0 Å². The van der Waals surface area contributed by atoms with Crippen LogP contribution in [0.1, 0.15) is 38.5 Å². The van der Waals surface area contributed by atoms with Gasteiger partial charge in [-0.05, 0) is 62.4 Å². The number of carbonyl (C=O) groups excluding carboxylic acids is 2. The highest BCUT2D eigenvalue weighted by molar-refractivity contribution is 6.05. The lowest BCUT2D eigenvalue weighted by Gasteiger charge is -2.10. The summed E-state index contributed by atoms with van der Waals surface area (Å²) in [5, 5.41) is 17.0. The van der Waals surface area contributed by atoms with E-state index in [9.17, 15) is 14.4 Å². The molecular weight excluding hydrogens is 410 g/mol. The number of carboxylic acids is 1. The minimum Gasteiger partial charge on any atom is -0.481 e. The average Bonchev–Trinajstić information content (AvgIpc) is 2.73. The van der Waals surface area contributed by atoms with Crippen molar-refractivity contribution in [1.29, 1.82) is 0 Å². The fourth-order valence-electron chi connectivity index (χ4n) is 2.94. The highest BCUT2D eigenvalue weighted by Gasteiger charge is 2.10. The van der Waals surface area contributed by atoms with Crippen molar-refractivity contribution in [2.75, 3.05) is 17.2 Å². The summed E-state index contributed by atoms with van der Waals surface area (Å²) in [5.74, 6) is -1.22. The molecule has 1 aromatic heterocycles. The second-order valence-corrected chi connectivity index (χ2v) is 7.11. The maximum atomic E-state index is 12.6. The van der Waals surface area contributed by atoms with E-state index in [1.54, 1.807) is 42.5 Å². The summed E-state index contributed by atoms with van der Waals surface area (Å²) >= 11 is 0. The average molecular weight is 433 g/mol. The number of nitrogens with zero attached hydrogens (tertiary/aromatic N) is 2. The second-order valence-electron chi connectivity index (χ2n) is 7.11. The second kappa shape index (κ2) is 10.2. The molecule has 0 bridgehead atoms. The molecule has 0 aliphatic heterocycles. The van der Waals surface area contributed by atoms with E-state index in [-0.39, 0.29) is 24.8 Å². The minimum atomic E-state index is -0.982. The molecule has 0 spiro atoms. The Labute approximate surface area is 184 Å². The highest BCUT2D eigenvalue weighted by atomic mass is 16.4. The normalized spacial score (nSPS) is 10.3. The third-order valence-corrected chi connectivity index (χ3v) is 4.39.